The molecule has 1 amide bonds. The topological polar surface area (TPSA) is 44.1 Å². The number of amides is 1. The summed E-state index contributed by atoms with van der Waals surface area (Å²) in [5.41, 5.74) is -0.0995. The highest BCUT2D eigenvalue weighted by molar-refractivity contribution is 9.10. The second-order valence-electron chi connectivity index (χ2n) is 3.14. The van der Waals surface area contributed by atoms with Gasteiger partial charge in [0.1, 0.15) is 6.07 Å². The third-order valence-electron chi connectivity index (χ3n) is 1.99. The van der Waals surface area contributed by atoms with Gasteiger partial charge in [-0.15, -0.1) is 0 Å². The van der Waals surface area contributed by atoms with E-state index in [-0.39, 0.29) is 11.3 Å². The zero-order valence-corrected chi connectivity index (χ0v) is 10.1. The largest absolute Gasteiger partial charge is 0.471 e. The molecule has 0 fully saturated rings. The summed E-state index contributed by atoms with van der Waals surface area (Å²) in [6.07, 6.45) is -4.96. The third kappa shape index (κ3) is 2.97. The lowest BCUT2D eigenvalue weighted by molar-refractivity contribution is -0.170. The average molecular weight is 307 g/mol. The van der Waals surface area contributed by atoms with Crippen molar-refractivity contribution in [3.8, 4) is 6.07 Å². The van der Waals surface area contributed by atoms with Crippen LogP contribution in [-0.2, 0) is 4.79 Å². The highest BCUT2D eigenvalue weighted by Crippen LogP contribution is 2.27. The molecule has 0 aromatic heterocycles. The maximum Gasteiger partial charge on any atom is 0.471 e. The van der Waals surface area contributed by atoms with Gasteiger partial charge in [-0.1, -0.05) is 15.9 Å². The van der Waals surface area contributed by atoms with Gasteiger partial charge >= 0.3 is 12.1 Å². The van der Waals surface area contributed by atoms with E-state index in [2.05, 4.69) is 15.9 Å². The van der Waals surface area contributed by atoms with Crippen molar-refractivity contribution in [3.63, 3.8) is 0 Å². The van der Waals surface area contributed by atoms with Crippen molar-refractivity contribution in [2.75, 3.05) is 11.9 Å². The van der Waals surface area contributed by atoms with Crippen LogP contribution in [0.2, 0.25) is 0 Å². The summed E-state index contributed by atoms with van der Waals surface area (Å²) in [6.45, 7) is 0. The van der Waals surface area contributed by atoms with E-state index in [9.17, 15) is 18.0 Å². The minimum absolute atomic E-state index is 0.0144. The van der Waals surface area contributed by atoms with Gasteiger partial charge in [0.05, 0.1) is 11.3 Å². The number of hydrogen-bond donors (Lipinski definition) is 0. The molecule has 0 radical (unpaired) electrons. The summed E-state index contributed by atoms with van der Waals surface area (Å²) in [7, 11) is 0.972. The predicted octanol–water partition coefficient (Wildman–Crippen LogP) is 2.85. The van der Waals surface area contributed by atoms with E-state index < -0.39 is 12.1 Å². The van der Waals surface area contributed by atoms with Gasteiger partial charge in [0.15, 0.2) is 0 Å². The Labute approximate surface area is 104 Å². The Bertz CT molecular complexity index is 493. The third-order valence-corrected chi connectivity index (χ3v) is 2.48. The summed E-state index contributed by atoms with van der Waals surface area (Å²) in [5, 5.41) is 8.79. The van der Waals surface area contributed by atoms with E-state index in [1.807, 2.05) is 0 Å². The average Bonchev–Trinajstić information content (AvgIpc) is 2.25. The zero-order valence-electron chi connectivity index (χ0n) is 8.55. The first kappa shape index (κ1) is 13.5. The molecule has 1 rings (SSSR count). The standard InChI is InChI=1S/C10H6BrF3N2O/c1-16(9(17)10(12,13)14)8-3-2-7(11)4-6(8)5-15/h2-4H,1H3. The van der Waals surface area contributed by atoms with Crippen molar-refractivity contribution >= 4 is 27.5 Å². The SMILES string of the molecule is CN(C(=O)C(F)(F)F)c1ccc(Br)cc1C#N. The summed E-state index contributed by atoms with van der Waals surface area (Å²) >= 11 is 3.09. The normalized spacial score (nSPS) is 10.8. The van der Waals surface area contributed by atoms with Crippen LogP contribution in [0.1, 0.15) is 5.56 Å². The fourth-order valence-corrected chi connectivity index (χ4v) is 1.55. The first-order chi connectivity index (χ1) is 7.77. The molecule has 17 heavy (non-hydrogen) atoms. The number of carbonyl (C=O) groups excluding carboxylic acids is 1. The first-order valence-electron chi connectivity index (χ1n) is 4.32. The Hall–Kier alpha value is -1.55. The molecule has 0 saturated heterocycles. The van der Waals surface area contributed by atoms with E-state index in [1.54, 1.807) is 6.07 Å². The first-order valence-corrected chi connectivity index (χ1v) is 5.11. The quantitative estimate of drug-likeness (QED) is 0.801. The van der Waals surface area contributed by atoms with Crippen LogP contribution >= 0.6 is 15.9 Å². The van der Waals surface area contributed by atoms with Crippen molar-refractivity contribution in [1.82, 2.24) is 0 Å². The van der Waals surface area contributed by atoms with Gasteiger partial charge in [0, 0.05) is 11.5 Å². The molecule has 0 saturated carbocycles. The van der Waals surface area contributed by atoms with Crippen LogP contribution in [0.5, 0.6) is 0 Å². The Morgan fingerprint density at radius 2 is 2.06 bits per heavy atom. The number of benzene rings is 1. The number of nitriles is 1. The molecule has 0 atom stereocenters. The van der Waals surface area contributed by atoms with E-state index in [0.717, 1.165) is 7.05 Å². The van der Waals surface area contributed by atoms with Crippen molar-refractivity contribution in [1.29, 1.82) is 5.26 Å². The monoisotopic (exact) mass is 306 g/mol. The van der Waals surface area contributed by atoms with E-state index in [0.29, 0.717) is 9.37 Å². The maximum absolute atomic E-state index is 12.2. The van der Waals surface area contributed by atoms with Crippen LogP contribution in [0.3, 0.4) is 0 Å². The molecule has 1 aromatic carbocycles. The number of nitrogens with zero attached hydrogens (tertiary/aromatic N) is 2. The zero-order chi connectivity index (χ0) is 13.2. The van der Waals surface area contributed by atoms with Crippen molar-refractivity contribution in [3.05, 3.63) is 28.2 Å². The molecule has 7 heteroatoms. The van der Waals surface area contributed by atoms with Crippen LogP contribution in [-0.4, -0.2) is 19.1 Å². The molecule has 0 bridgehead atoms. The fraction of sp³-hybridized carbons (Fsp3) is 0.200. The van der Waals surface area contributed by atoms with Gasteiger partial charge in [-0.3, -0.25) is 4.79 Å². The van der Waals surface area contributed by atoms with Gasteiger partial charge in [0.2, 0.25) is 0 Å². The van der Waals surface area contributed by atoms with Gasteiger partial charge in [0.25, 0.3) is 0 Å². The molecule has 0 N–H and O–H groups in total. The van der Waals surface area contributed by atoms with Gasteiger partial charge in [-0.05, 0) is 18.2 Å². The molecule has 1 aromatic rings. The lowest BCUT2D eigenvalue weighted by Gasteiger charge is -2.19. The molecule has 90 valence electrons. The second kappa shape index (κ2) is 4.75. The van der Waals surface area contributed by atoms with Crippen LogP contribution in [0.25, 0.3) is 0 Å². The molecular weight excluding hydrogens is 301 g/mol. The summed E-state index contributed by atoms with van der Waals surface area (Å²) in [5.74, 6) is -2.02. The highest BCUT2D eigenvalue weighted by atomic mass is 79.9. The fourth-order valence-electron chi connectivity index (χ4n) is 1.19. The van der Waals surface area contributed by atoms with Crippen LogP contribution < -0.4 is 4.90 Å². The van der Waals surface area contributed by atoms with Gasteiger partial charge in [-0.2, -0.15) is 18.4 Å². The summed E-state index contributed by atoms with van der Waals surface area (Å²) in [4.78, 5) is 11.4. The minimum atomic E-state index is -4.96. The number of rotatable bonds is 1. The second-order valence-corrected chi connectivity index (χ2v) is 4.05. The van der Waals surface area contributed by atoms with E-state index >= 15 is 0 Å². The Kier molecular flexibility index (Phi) is 3.78. The van der Waals surface area contributed by atoms with Crippen LogP contribution in [0, 0.1) is 11.3 Å². The van der Waals surface area contributed by atoms with Crippen LogP contribution in [0.4, 0.5) is 18.9 Å². The Morgan fingerprint density at radius 3 is 2.53 bits per heavy atom. The molecular formula is C10H6BrF3N2O. The Morgan fingerprint density at radius 1 is 1.47 bits per heavy atom. The van der Waals surface area contributed by atoms with Crippen molar-refractivity contribution in [2.24, 2.45) is 0 Å². The smallest absolute Gasteiger partial charge is 0.306 e. The molecule has 0 aliphatic carbocycles. The number of carbonyl (C=O) groups is 1. The Balaban J connectivity index is 3.18. The van der Waals surface area contributed by atoms with E-state index in [1.165, 1.54) is 18.2 Å². The minimum Gasteiger partial charge on any atom is -0.306 e. The van der Waals surface area contributed by atoms with Gasteiger partial charge in [-0.25, -0.2) is 0 Å². The molecule has 0 aliphatic heterocycles. The summed E-state index contributed by atoms with van der Waals surface area (Å²) < 4.78 is 37.2. The maximum atomic E-state index is 12.2. The summed E-state index contributed by atoms with van der Waals surface area (Å²) in [6, 6.07) is 5.80. The number of hydrogen-bond acceptors (Lipinski definition) is 2. The molecule has 0 spiro atoms. The molecule has 0 unspecified atom stereocenters. The number of halogens is 4. The number of anilines is 1. The van der Waals surface area contributed by atoms with Crippen molar-refractivity contribution in [2.45, 2.75) is 6.18 Å². The predicted molar refractivity (Wildman–Crippen MR) is 58.3 cm³/mol. The lowest BCUT2D eigenvalue weighted by Crippen LogP contribution is -2.38. The number of alkyl halides is 3. The lowest BCUT2D eigenvalue weighted by atomic mass is 10.2. The van der Waals surface area contributed by atoms with Gasteiger partial charge < -0.3 is 4.90 Å². The molecule has 0 heterocycles. The molecule has 0 aliphatic rings. The van der Waals surface area contributed by atoms with Crippen LogP contribution in [0.15, 0.2) is 22.7 Å². The molecule has 3 nitrogen and oxygen atoms in total. The van der Waals surface area contributed by atoms with E-state index in [4.69, 9.17) is 5.26 Å². The van der Waals surface area contributed by atoms with Crippen molar-refractivity contribution < 1.29 is 18.0 Å². The highest BCUT2D eigenvalue weighted by Gasteiger charge is 2.42.